The second-order valence-corrected chi connectivity index (χ2v) is 4.54. The third-order valence-electron chi connectivity index (χ3n) is 3.39. The number of nitrogens with zero attached hydrogens (tertiary/aromatic N) is 2. The molecule has 2 fully saturated rings. The molecule has 3 aliphatic rings. The van der Waals surface area contributed by atoms with Gasteiger partial charge in [-0.2, -0.15) is 0 Å². The molecule has 8 nitrogen and oxygen atoms in total. The van der Waals surface area contributed by atoms with Crippen molar-refractivity contribution in [3.05, 3.63) is 0 Å². The number of aliphatic hydroxyl groups is 1. The molecule has 18 heavy (non-hydrogen) atoms. The quantitative estimate of drug-likeness (QED) is 0.548. The van der Waals surface area contributed by atoms with Gasteiger partial charge in [-0.15, -0.1) is 0 Å². The summed E-state index contributed by atoms with van der Waals surface area (Å²) in [5.74, 6) is -0.404. The Kier molecular flexibility index (Phi) is 2.67. The van der Waals surface area contributed by atoms with Crippen LogP contribution in [0.3, 0.4) is 0 Å². The summed E-state index contributed by atoms with van der Waals surface area (Å²) in [6, 6.07) is -1.15. The molecule has 0 spiro atoms. The van der Waals surface area contributed by atoms with Gasteiger partial charge >= 0.3 is 6.03 Å². The number of aliphatic imine (C=N–C) groups is 1. The fourth-order valence-electron chi connectivity index (χ4n) is 2.48. The standard InChI is InChI=1S/C10H14N4O4/c15-3-5-1-2-6(18-5)14-4-11-7-8(14)12-10(17)13-9(7)16/h4-8,15H,1-3H2,(H2,12,13,16,17)/t5-,6+,7?,8?/m0/s1. The lowest BCUT2D eigenvalue weighted by molar-refractivity contribution is -0.124. The van der Waals surface area contributed by atoms with Crippen LogP contribution in [0.1, 0.15) is 12.8 Å². The minimum Gasteiger partial charge on any atom is -0.394 e. The fourth-order valence-corrected chi connectivity index (χ4v) is 2.48. The molecule has 0 aromatic carbocycles. The minimum atomic E-state index is -0.625. The van der Waals surface area contributed by atoms with E-state index in [0.717, 1.165) is 12.8 Å². The van der Waals surface area contributed by atoms with Crippen LogP contribution in [0.2, 0.25) is 0 Å². The van der Waals surface area contributed by atoms with Crippen molar-refractivity contribution >= 4 is 18.3 Å². The maximum absolute atomic E-state index is 11.6. The average molecular weight is 254 g/mol. The third-order valence-corrected chi connectivity index (χ3v) is 3.39. The number of aliphatic hydroxyl groups excluding tert-OH is 1. The van der Waals surface area contributed by atoms with Crippen LogP contribution >= 0.6 is 0 Å². The number of imide groups is 1. The molecular formula is C10H14N4O4. The minimum absolute atomic E-state index is 0.0254. The summed E-state index contributed by atoms with van der Waals surface area (Å²) in [4.78, 5) is 28.7. The van der Waals surface area contributed by atoms with E-state index in [1.165, 1.54) is 6.34 Å². The Morgan fingerprint density at radius 1 is 1.50 bits per heavy atom. The van der Waals surface area contributed by atoms with E-state index < -0.39 is 24.1 Å². The number of rotatable bonds is 2. The Labute approximate surface area is 103 Å². The smallest absolute Gasteiger partial charge is 0.323 e. The number of ether oxygens (including phenoxy) is 1. The molecule has 3 heterocycles. The summed E-state index contributed by atoms with van der Waals surface area (Å²) in [7, 11) is 0. The van der Waals surface area contributed by atoms with E-state index in [9.17, 15) is 9.59 Å². The second-order valence-electron chi connectivity index (χ2n) is 4.54. The van der Waals surface area contributed by atoms with Crippen molar-refractivity contribution in [3.63, 3.8) is 0 Å². The number of carbonyl (C=O) groups excluding carboxylic acids is 2. The molecule has 3 rings (SSSR count). The summed E-state index contributed by atoms with van der Waals surface area (Å²) in [5.41, 5.74) is 0. The van der Waals surface area contributed by atoms with Crippen molar-refractivity contribution in [2.75, 3.05) is 6.61 Å². The van der Waals surface area contributed by atoms with E-state index in [1.54, 1.807) is 4.90 Å². The molecule has 8 heteroatoms. The van der Waals surface area contributed by atoms with Crippen molar-refractivity contribution in [3.8, 4) is 0 Å². The monoisotopic (exact) mass is 254 g/mol. The molecule has 3 N–H and O–H groups in total. The van der Waals surface area contributed by atoms with Crippen molar-refractivity contribution in [1.82, 2.24) is 15.5 Å². The highest BCUT2D eigenvalue weighted by atomic mass is 16.5. The van der Waals surface area contributed by atoms with E-state index in [4.69, 9.17) is 9.84 Å². The van der Waals surface area contributed by atoms with Gasteiger partial charge in [-0.1, -0.05) is 0 Å². The van der Waals surface area contributed by atoms with Crippen molar-refractivity contribution in [2.45, 2.75) is 37.4 Å². The van der Waals surface area contributed by atoms with Gasteiger partial charge in [0.15, 0.2) is 6.04 Å². The number of nitrogens with one attached hydrogen (secondary N) is 2. The van der Waals surface area contributed by atoms with E-state index in [1.807, 2.05) is 0 Å². The van der Waals surface area contributed by atoms with Crippen LogP contribution < -0.4 is 10.6 Å². The molecule has 2 unspecified atom stereocenters. The number of hydrogen-bond acceptors (Lipinski definition) is 6. The van der Waals surface area contributed by atoms with Gasteiger partial charge in [0.25, 0.3) is 5.91 Å². The first-order valence-electron chi connectivity index (χ1n) is 5.87. The van der Waals surface area contributed by atoms with Gasteiger partial charge < -0.3 is 20.1 Å². The Morgan fingerprint density at radius 2 is 2.33 bits per heavy atom. The summed E-state index contributed by atoms with van der Waals surface area (Å²) in [6.45, 7) is -0.0254. The van der Waals surface area contributed by atoms with Crippen molar-refractivity contribution < 1.29 is 19.4 Å². The first-order chi connectivity index (χ1) is 8.69. The zero-order chi connectivity index (χ0) is 12.7. The van der Waals surface area contributed by atoms with Crippen molar-refractivity contribution in [1.29, 1.82) is 0 Å². The van der Waals surface area contributed by atoms with E-state index in [2.05, 4.69) is 15.6 Å². The fraction of sp³-hybridized carbons (Fsp3) is 0.700. The number of carbonyl (C=O) groups is 2. The summed E-state index contributed by atoms with van der Waals surface area (Å²) >= 11 is 0. The maximum atomic E-state index is 11.6. The molecule has 98 valence electrons. The van der Waals surface area contributed by atoms with Crippen LogP contribution in [0.4, 0.5) is 4.79 Å². The predicted octanol–water partition coefficient (Wildman–Crippen LogP) is -1.64. The van der Waals surface area contributed by atoms with E-state index in [-0.39, 0.29) is 18.9 Å². The average Bonchev–Trinajstić information content (AvgIpc) is 2.93. The molecule has 0 aliphatic carbocycles. The lowest BCUT2D eigenvalue weighted by atomic mass is 10.1. The second kappa shape index (κ2) is 4.21. The first-order valence-corrected chi connectivity index (χ1v) is 5.87. The lowest BCUT2D eigenvalue weighted by Gasteiger charge is -2.34. The van der Waals surface area contributed by atoms with Crippen LogP contribution in [0.25, 0.3) is 0 Å². The molecule has 0 bridgehead atoms. The Balaban J connectivity index is 1.73. The molecular weight excluding hydrogens is 240 g/mol. The molecule has 0 radical (unpaired) electrons. The van der Waals surface area contributed by atoms with Gasteiger partial charge in [-0.05, 0) is 12.8 Å². The summed E-state index contributed by atoms with van der Waals surface area (Å²) < 4.78 is 5.62. The van der Waals surface area contributed by atoms with Gasteiger partial charge in [0, 0.05) is 0 Å². The normalized spacial score (nSPS) is 38.6. The van der Waals surface area contributed by atoms with Gasteiger partial charge in [0.05, 0.1) is 19.0 Å². The SMILES string of the molecule is O=C1NC(=O)C2N=CN([C@H]3CC[C@@H](CO)O3)C2N1. The highest BCUT2D eigenvalue weighted by Crippen LogP contribution is 2.27. The number of hydrogen-bond donors (Lipinski definition) is 3. The predicted molar refractivity (Wildman–Crippen MR) is 59.6 cm³/mol. The van der Waals surface area contributed by atoms with Crippen LogP contribution in [0.5, 0.6) is 0 Å². The number of urea groups is 1. The van der Waals surface area contributed by atoms with Crippen LogP contribution in [-0.2, 0) is 9.53 Å². The topological polar surface area (TPSA) is 103 Å². The van der Waals surface area contributed by atoms with Crippen LogP contribution in [0, 0.1) is 0 Å². The van der Waals surface area contributed by atoms with Gasteiger partial charge in [-0.25, -0.2) is 4.79 Å². The molecule has 3 aliphatic heterocycles. The highest BCUT2D eigenvalue weighted by Gasteiger charge is 2.45. The molecule has 0 saturated carbocycles. The van der Waals surface area contributed by atoms with Gasteiger partial charge in [0.1, 0.15) is 12.4 Å². The van der Waals surface area contributed by atoms with Crippen LogP contribution in [0.15, 0.2) is 4.99 Å². The summed E-state index contributed by atoms with van der Waals surface area (Å²) in [5, 5.41) is 13.9. The Bertz CT molecular complexity index is 413. The Hall–Kier alpha value is -1.67. The molecule has 0 aromatic heterocycles. The zero-order valence-corrected chi connectivity index (χ0v) is 9.57. The van der Waals surface area contributed by atoms with Crippen molar-refractivity contribution in [2.24, 2.45) is 4.99 Å². The molecule has 0 aromatic rings. The lowest BCUT2D eigenvalue weighted by Crippen LogP contribution is -2.64. The number of fused-ring (bicyclic) bond motifs is 1. The first kappa shape index (κ1) is 11.4. The largest absolute Gasteiger partial charge is 0.394 e. The summed E-state index contributed by atoms with van der Waals surface area (Å²) in [6.07, 6.45) is 2.09. The highest BCUT2D eigenvalue weighted by molar-refractivity contribution is 6.01. The Morgan fingerprint density at radius 3 is 3.06 bits per heavy atom. The van der Waals surface area contributed by atoms with Gasteiger partial charge in [0.2, 0.25) is 0 Å². The van der Waals surface area contributed by atoms with Crippen LogP contribution in [-0.4, -0.2) is 59.4 Å². The molecule has 2 saturated heterocycles. The van der Waals surface area contributed by atoms with E-state index >= 15 is 0 Å². The molecule has 4 atom stereocenters. The maximum Gasteiger partial charge on any atom is 0.323 e. The number of amides is 3. The van der Waals surface area contributed by atoms with E-state index in [0.29, 0.717) is 0 Å². The molecule has 3 amide bonds. The third kappa shape index (κ3) is 1.73. The van der Waals surface area contributed by atoms with Gasteiger partial charge in [-0.3, -0.25) is 15.1 Å². The zero-order valence-electron chi connectivity index (χ0n) is 9.57.